The summed E-state index contributed by atoms with van der Waals surface area (Å²) in [5.74, 6) is 1.68. The molecular formula is C14H27NO2. The van der Waals surface area contributed by atoms with E-state index in [2.05, 4.69) is 11.8 Å². The Balaban J connectivity index is 1.82. The largest absolute Gasteiger partial charge is 0.396 e. The third-order valence-corrected chi connectivity index (χ3v) is 4.56. The Morgan fingerprint density at radius 1 is 1.24 bits per heavy atom. The van der Waals surface area contributed by atoms with E-state index < -0.39 is 0 Å². The summed E-state index contributed by atoms with van der Waals surface area (Å²) in [5.41, 5.74) is 0. The van der Waals surface area contributed by atoms with Crippen LogP contribution in [-0.2, 0) is 0 Å². The number of aliphatic hydroxyl groups is 2. The van der Waals surface area contributed by atoms with Crippen molar-refractivity contribution in [2.45, 2.75) is 45.1 Å². The zero-order valence-corrected chi connectivity index (χ0v) is 11.0. The van der Waals surface area contributed by atoms with Gasteiger partial charge in [-0.15, -0.1) is 0 Å². The normalized spacial score (nSPS) is 40.4. The van der Waals surface area contributed by atoms with Gasteiger partial charge in [-0.25, -0.2) is 0 Å². The lowest BCUT2D eigenvalue weighted by atomic mass is 9.80. The van der Waals surface area contributed by atoms with Crippen LogP contribution in [-0.4, -0.2) is 47.5 Å². The van der Waals surface area contributed by atoms with Gasteiger partial charge < -0.3 is 15.1 Å². The Morgan fingerprint density at radius 2 is 2.06 bits per heavy atom. The topological polar surface area (TPSA) is 43.7 Å². The van der Waals surface area contributed by atoms with E-state index in [-0.39, 0.29) is 6.10 Å². The highest BCUT2D eigenvalue weighted by Crippen LogP contribution is 2.30. The fourth-order valence-corrected chi connectivity index (χ4v) is 3.48. The number of piperidine rings is 1. The first-order valence-electron chi connectivity index (χ1n) is 7.20. The SMILES string of the molecule is CC1CCC(O)C(CN2CCCC(CO)C2)C1. The molecule has 0 amide bonds. The molecule has 0 bridgehead atoms. The molecule has 4 atom stereocenters. The first-order valence-corrected chi connectivity index (χ1v) is 7.20. The number of hydrogen-bond donors (Lipinski definition) is 2. The predicted molar refractivity (Wildman–Crippen MR) is 68.8 cm³/mol. The van der Waals surface area contributed by atoms with E-state index in [0.717, 1.165) is 38.4 Å². The average molecular weight is 241 g/mol. The Morgan fingerprint density at radius 3 is 2.82 bits per heavy atom. The third kappa shape index (κ3) is 3.67. The van der Waals surface area contributed by atoms with Gasteiger partial charge in [-0.3, -0.25) is 0 Å². The van der Waals surface area contributed by atoms with Gasteiger partial charge in [0.1, 0.15) is 0 Å². The lowest BCUT2D eigenvalue weighted by Gasteiger charge is -2.38. The van der Waals surface area contributed by atoms with Crippen LogP contribution in [0.4, 0.5) is 0 Å². The minimum Gasteiger partial charge on any atom is -0.396 e. The summed E-state index contributed by atoms with van der Waals surface area (Å²) in [7, 11) is 0. The smallest absolute Gasteiger partial charge is 0.0580 e. The standard InChI is InChI=1S/C14H27NO2/c1-11-4-5-14(17)13(7-11)9-15-6-2-3-12(8-15)10-16/h11-14,16-17H,2-10H2,1H3. The van der Waals surface area contributed by atoms with E-state index in [1.165, 1.54) is 19.3 Å². The highest BCUT2D eigenvalue weighted by atomic mass is 16.3. The first-order chi connectivity index (χ1) is 8.19. The molecule has 1 saturated heterocycles. The third-order valence-electron chi connectivity index (χ3n) is 4.56. The molecule has 2 fully saturated rings. The molecule has 0 aromatic rings. The van der Waals surface area contributed by atoms with E-state index in [1.54, 1.807) is 0 Å². The number of hydrogen-bond acceptors (Lipinski definition) is 3. The molecule has 1 heterocycles. The van der Waals surface area contributed by atoms with Crippen molar-refractivity contribution in [3.05, 3.63) is 0 Å². The molecule has 4 unspecified atom stereocenters. The molecule has 3 heteroatoms. The molecule has 2 N–H and O–H groups in total. The van der Waals surface area contributed by atoms with Crippen molar-refractivity contribution in [3.63, 3.8) is 0 Å². The lowest BCUT2D eigenvalue weighted by molar-refractivity contribution is 0.0179. The van der Waals surface area contributed by atoms with Gasteiger partial charge in [0.15, 0.2) is 0 Å². The highest BCUT2D eigenvalue weighted by molar-refractivity contribution is 4.82. The van der Waals surface area contributed by atoms with E-state index in [4.69, 9.17) is 0 Å². The van der Waals surface area contributed by atoms with Crippen molar-refractivity contribution in [1.29, 1.82) is 0 Å². The number of aliphatic hydroxyl groups excluding tert-OH is 2. The summed E-state index contributed by atoms with van der Waals surface area (Å²) in [4.78, 5) is 2.45. The van der Waals surface area contributed by atoms with Gasteiger partial charge in [0, 0.05) is 19.7 Å². The molecule has 0 radical (unpaired) electrons. The number of nitrogens with zero attached hydrogens (tertiary/aromatic N) is 1. The number of rotatable bonds is 3. The molecule has 0 spiro atoms. The molecule has 1 aliphatic heterocycles. The van der Waals surface area contributed by atoms with Crippen LogP contribution in [0.1, 0.15) is 39.0 Å². The van der Waals surface area contributed by atoms with Crippen LogP contribution in [0.25, 0.3) is 0 Å². The summed E-state index contributed by atoms with van der Waals surface area (Å²) in [6.07, 6.45) is 5.59. The van der Waals surface area contributed by atoms with Gasteiger partial charge in [-0.05, 0) is 56.4 Å². The zero-order valence-electron chi connectivity index (χ0n) is 11.0. The molecule has 100 valence electrons. The van der Waals surface area contributed by atoms with Crippen LogP contribution in [0.5, 0.6) is 0 Å². The first kappa shape index (κ1) is 13.3. The van der Waals surface area contributed by atoms with E-state index >= 15 is 0 Å². The monoisotopic (exact) mass is 241 g/mol. The minimum absolute atomic E-state index is 0.0966. The van der Waals surface area contributed by atoms with Gasteiger partial charge in [-0.1, -0.05) is 6.92 Å². The Kier molecular flexibility index (Phi) is 4.83. The maximum absolute atomic E-state index is 10.1. The van der Waals surface area contributed by atoms with Crippen LogP contribution in [0, 0.1) is 17.8 Å². The molecule has 0 aromatic heterocycles. The van der Waals surface area contributed by atoms with Crippen molar-refractivity contribution in [2.24, 2.45) is 17.8 Å². The molecule has 1 aliphatic carbocycles. The summed E-state index contributed by atoms with van der Waals surface area (Å²) < 4.78 is 0. The second-order valence-electron chi connectivity index (χ2n) is 6.20. The molecule has 17 heavy (non-hydrogen) atoms. The lowest BCUT2D eigenvalue weighted by Crippen LogP contribution is -2.43. The minimum atomic E-state index is -0.0966. The fraction of sp³-hybridized carbons (Fsp3) is 1.00. The van der Waals surface area contributed by atoms with Crippen LogP contribution in [0.3, 0.4) is 0 Å². The van der Waals surface area contributed by atoms with Crippen molar-refractivity contribution in [3.8, 4) is 0 Å². The average Bonchev–Trinajstić information content (AvgIpc) is 2.34. The van der Waals surface area contributed by atoms with Crippen molar-refractivity contribution >= 4 is 0 Å². The second kappa shape index (κ2) is 6.17. The van der Waals surface area contributed by atoms with Gasteiger partial charge >= 0.3 is 0 Å². The summed E-state index contributed by atoms with van der Waals surface area (Å²) in [6, 6.07) is 0. The number of likely N-dealkylation sites (tertiary alicyclic amines) is 1. The van der Waals surface area contributed by atoms with E-state index in [0.29, 0.717) is 18.4 Å². The predicted octanol–water partition coefficient (Wildman–Crippen LogP) is 1.49. The Labute approximate surface area is 105 Å². The summed E-state index contributed by atoms with van der Waals surface area (Å²) in [6.45, 7) is 5.82. The fourth-order valence-electron chi connectivity index (χ4n) is 3.48. The van der Waals surface area contributed by atoms with Gasteiger partial charge in [-0.2, -0.15) is 0 Å². The Hall–Kier alpha value is -0.120. The maximum atomic E-state index is 10.1. The second-order valence-corrected chi connectivity index (χ2v) is 6.20. The molecule has 0 aromatic carbocycles. The van der Waals surface area contributed by atoms with Crippen molar-refractivity contribution < 1.29 is 10.2 Å². The van der Waals surface area contributed by atoms with E-state index in [9.17, 15) is 10.2 Å². The Bertz CT molecular complexity index is 234. The molecule has 2 rings (SSSR count). The van der Waals surface area contributed by atoms with Gasteiger partial charge in [0.05, 0.1) is 6.10 Å². The van der Waals surface area contributed by atoms with Gasteiger partial charge in [0.25, 0.3) is 0 Å². The molecule has 3 nitrogen and oxygen atoms in total. The maximum Gasteiger partial charge on any atom is 0.0580 e. The van der Waals surface area contributed by atoms with Crippen LogP contribution < -0.4 is 0 Å². The summed E-state index contributed by atoms with van der Waals surface area (Å²) >= 11 is 0. The van der Waals surface area contributed by atoms with Crippen LogP contribution in [0.2, 0.25) is 0 Å². The summed E-state index contributed by atoms with van der Waals surface area (Å²) in [5, 5.41) is 19.3. The van der Waals surface area contributed by atoms with Crippen LogP contribution >= 0.6 is 0 Å². The van der Waals surface area contributed by atoms with Crippen LogP contribution in [0.15, 0.2) is 0 Å². The van der Waals surface area contributed by atoms with E-state index in [1.807, 2.05) is 0 Å². The van der Waals surface area contributed by atoms with Crippen molar-refractivity contribution in [1.82, 2.24) is 4.90 Å². The highest BCUT2D eigenvalue weighted by Gasteiger charge is 2.30. The van der Waals surface area contributed by atoms with Crippen molar-refractivity contribution in [2.75, 3.05) is 26.2 Å². The molecule has 2 aliphatic rings. The molecule has 1 saturated carbocycles. The molecular weight excluding hydrogens is 214 g/mol. The zero-order chi connectivity index (χ0) is 12.3. The quantitative estimate of drug-likeness (QED) is 0.787. The van der Waals surface area contributed by atoms with Gasteiger partial charge in [0.2, 0.25) is 0 Å².